The molecule has 1 aromatic heterocycles. The second-order valence-electron chi connectivity index (χ2n) is 4.42. The molecule has 0 aliphatic rings. The van der Waals surface area contributed by atoms with E-state index in [4.69, 9.17) is 5.73 Å². The molecule has 2 N–H and O–H groups in total. The zero-order chi connectivity index (χ0) is 13.0. The van der Waals surface area contributed by atoms with E-state index < -0.39 is 0 Å². The van der Waals surface area contributed by atoms with Gasteiger partial charge in [0.15, 0.2) is 0 Å². The Kier molecular flexibility index (Phi) is 4.05. The van der Waals surface area contributed by atoms with Crippen molar-refractivity contribution in [3.8, 4) is 0 Å². The van der Waals surface area contributed by atoms with Crippen LogP contribution in [0.1, 0.15) is 29.7 Å². The van der Waals surface area contributed by atoms with Crippen molar-refractivity contribution in [2.45, 2.75) is 25.8 Å². The Morgan fingerprint density at radius 2 is 1.83 bits per heavy atom. The number of aryl methyl sites for hydroxylation is 1. The van der Waals surface area contributed by atoms with Crippen LogP contribution in [0.2, 0.25) is 0 Å². The Hall–Kier alpha value is -1.74. The molecule has 18 heavy (non-hydrogen) atoms. The molecule has 0 radical (unpaired) electrons. The van der Waals surface area contributed by atoms with Gasteiger partial charge in [-0.3, -0.25) is 4.98 Å². The molecule has 0 aliphatic heterocycles. The summed E-state index contributed by atoms with van der Waals surface area (Å²) < 4.78 is 13.0. The summed E-state index contributed by atoms with van der Waals surface area (Å²) in [4.78, 5) is 3.82. The summed E-state index contributed by atoms with van der Waals surface area (Å²) in [7, 11) is 0. The summed E-state index contributed by atoms with van der Waals surface area (Å²) >= 11 is 0. The van der Waals surface area contributed by atoms with Crippen LogP contribution in [0.5, 0.6) is 0 Å². The van der Waals surface area contributed by atoms with Crippen molar-refractivity contribution in [1.29, 1.82) is 0 Å². The van der Waals surface area contributed by atoms with E-state index in [0.717, 1.165) is 17.5 Å². The van der Waals surface area contributed by atoms with Crippen LogP contribution >= 0.6 is 0 Å². The SMILES string of the molecule is CCc1ccc(CC(N)c2cncc(F)c2)cc1. The largest absolute Gasteiger partial charge is 0.324 e. The van der Waals surface area contributed by atoms with Crippen LogP contribution in [0, 0.1) is 5.82 Å². The van der Waals surface area contributed by atoms with Gasteiger partial charge in [0.25, 0.3) is 0 Å². The highest BCUT2D eigenvalue weighted by molar-refractivity contribution is 5.25. The average molecular weight is 244 g/mol. The monoisotopic (exact) mass is 244 g/mol. The predicted molar refractivity (Wildman–Crippen MR) is 70.6 cm³/mol. The first-order chi connectivity index (χ1) is 8.69. The highest BCUT2D eigenvalue weighted by Gasteiger charge is 2.08. The lowest BCUT2D eigenvalue weighted by Crippen LogP contribution is -2.13. The maximum atomic E-state index is 13.0. The minimum Gasteiger partial charge on any atom is -0.324 e. The standard InChI is InChI=1S/C15H17FN2/c1-2-11-3-5-12(6-4-11)7-15(17)13-8-14(16)10-18-9-13/h3-6,8-10,15H,2,7,17H2,1H3. The van der Waals surface area contributed by atoms with Gasteiger partial charge in [0.1, 0.15) is 5.82 Å². The minimum absolute atomic E-state index is 0.222. The van der Waals surface area contributed by atoms with Gasteiger partial charge in [0.05, 0.1) is 6.20 Å². The topological polar surface area (TPSA) is 38.9 Å². The second-order valence-corrected chi connectivity index (χ2v) is 4.42. The van der Waals surface area contributed by atoms with Gasteiger partial charge in [-0.1, -0.05) is 31.2 Å². The van der Waals surface area contributed by atoms with E-state index in [1.165, 1.54) is 17.8 Å². The highest BCUT2D eigenvalue weighted by atomic mass is 19.1. The molecule has 1 atom stereocenters. The molecule has 2 aromatic rings. The molecule has 0 fully saturated rings. The highest BCUT2D eigenvalue weighted by Crippen LogP contribution is 2.16. The molecule has 0 spiro atoms. The fourth-order valence-electron chi connectivity index (χ4n) is 1.91. The zero-order valence-corrected chi connectivity index (χ0v) is 10.4. The van der Waals surface area contributed by atoms with Crippen molar-refractivity contribution in [3.63, 3.8) is 0 Å². The van der Waals surface area contributed by atoms with Gasteiger partial charge >= 0.3 is 0 Å². The van der Waals surface area contributed by atoms with Crippen molar-refractivity contribution in [1.82, 2.24) is 4.98 Å². The molecular formula is C15H17FN2. The van der Waals surface area contributed by atoms with Crippen LogP contribution in [0.3, 0.4) is 0 Å². The first kappa shape index (κ1) is 12.7. The molecule has 1 aromatic carbocycles. The lowest BCUT2D eigenvalue weighted by atomic mass is 10.00. The number of benzene rings is 1. The smallest absolute Gasteiger partial charge is 0.141 e. The number of hydrogen-bond donors (Lipinski definition) is 1. The summed E-state index contributed by atoms with van der Waals surface area (Å²) in [5.41, 5.74) is 9.25. The fraction of sp³-hybridized carbons (Fsp3) is 0.267. The number of hydrogen-bond acceptors (Lipinski definition) is 2. The Morgan fingerprint density at radius 3 is 2.44 bits per heavy atom. The van der Waals surface area contributed by atoms with E-state index in [0.29, 0.717) is 6.42 Å². The lowest BCUT2D eigenvalue weighted by Gasteiger charge is -2.12. The van der Waals surface area contributed by atoms with Crippen molar-refractivity contribution in [3.05, 3.63) is 65.2 Å². The fourth-order valence-corrected chi connectivity index (χ4v) is 1.91. The van der Waals surface area contributed by atoms with Gasteiger partial charge in [-0.2, -0.15) is 0 Å². The molecule has 2 nitrogen and oxygen atoms in total. The molecule has 94 valence electrons. The van der Waals surface area contributed by atoms with Crippen molar-refractivity contribution >= 4 is 0 Å². The molecule has 0 amide bonds. The number of nitrogens with two attached hydrogens (primary N) is 1. The molecule has 0 saturated carbocycles. The van der Waals surface area contributed by atoms with E-state index >= 15 is 0 Å². The third kappa shape index (κ3) is 3.14. The Labute approximate surface area is 107 Å². The van der Waals surface area contributed by atoms with Crippen molar-refractivity contribution in [2.75, 3.05) is 0 Å². The molecule has 0 saturated heterocycles. The number of halogens is 1. The van der Waals surface area contributed by atoms with E-state index in [9.17, 15) is 4.39 Å². The van der Waals surface area contributed by atoms with Crippen LogP contribution in [0.4, 0.5) is 4.39 Å². The van der Waals surface area contributed by atoms with Crippen LogP contribution in [0.25, 0.3) is 0 Å². The number of rotatable bonds is 4. The third-order valence-electron chi connectivity index (χ3n) is 3.04. The van der Waals surface area contributed by atoms with E-state index in [1.54, 1.807) is 6.20 Å². The van der Waals surface area contributed by atoms with Crippen molar-refractivity contribution in [2.24, 2.45) is 5.73 Å². The van der Waals surface area contributed by atoms with Crippen LogP contribution in [-0.4, -0.2) is 4.98 Å². The summed E-state index contributed by atoms with van der Waals surface area (Å²) in [6, 6.07) is 9.58. The molecule has 3 heteroatoms. The number of aromatic nitrogens is 1. The second kappa shape index (κ2) is 5.74. The Balaban J connectivity index is 2.08. The molecular weight excluding hydrogens is 227 g/mol. The first-order valence-corrected chi connectivity index (χ1v) is 6.13. The van der Waals surface area contributed by atoms with E-state index in [1.807, 2.05) is 0 Å². The van der Waals surface area contributed by atoms with Crippen LogP contribution in [-0.2, 0) is 12.8 Å². The Morgan fingerprint density at radius 1 is 1.17 bits per heavy atom. The van der Waals surface area contributed by atoms with Gasteiger partial charge in [-0.05, 0) is 35.6 Å². The normalized spacial score (nSPS) is 12.4. The van der Waals surface area contributed by atoms with Gasteiger partial charge in [-0.15, -0.1) is 0 Å². The zero-order valence-electron chi connectivity index (χ0n) is 10.4. The van der Waals surface area contributed by atoms with E-state index in [-0.39, 0.29) is 11.9 Å². The van der Waals surface area contributed by atoms with Gasteiger partial charge in [-0.25, -0.2) is 4.39 Å². The van der Waals surface area contributed by atoms with Gasteiger partial charge in [0, 0.05) is 12.2 Å². The maximum Gasteiger partial charge on any atom is 0.141 e. The van der Waals surface area contributed by atoms with Gasteiger partial charge < -0.3 is 5.73 Å². The quantitative estimate of drug-likeness (QED) is 0.897. The van der Waals surface area contributed by atoms with Crippen molar-refractivity contribution < 1.29 is 4.39 Å². The summed E-state index contributed by atoms with van der Waals surface area (Å²) in [6.45, 7) is 2.12. The summed E-state index contributed by atoms with van der Waals surface area (Å²) in [5.74, 6) is -0.343. The Bertz CT molecular complexity index is 508. The number of nitrogens with zero attached hydrogens (tertiary/aromatic N) is 1. The lowest BCUT2D eigenvalue weighted by molar-refractivity contribution is 0.610. The maximum absolute atomic E-state index is 13.0. The average Bonchev–Trinajstić information content (AvgIpc) is 2.39. The van der Waals surface area contributed by atoms with Crippen LogP contribution in [0.15, 0.2) is 42.7 Å². The molecule has 1 unspecified atom stereocenters. The molecule has 2 rings (SSSR count). The first-order valence-electron chi connectivity index (χ1n) is 6.13. The van der Waals surface area contributed by atoms with Gasteiger partial charge in [0.2, 0.25) is 0 Å². The molecule has 0 bridgehead atoms. The van der Waals surface area contributed by atoms with Crippen LogP contribution < -0.4 is 5.73 Å². The summed E-state index contributed by atoms with van der Waals surface area (Å²) in [6.07, 6.45) is 4.52. The molecule has 1 heterocycles. The third-order valence-corrected chi connectivity index (χ3v) is 3.04. The minimum atomic E-state index is -0.343. The van der Waals surface area contributed by atoms with E-state index in [2.05, 4.69) is 36.2 Å². The predicted octanol–water partition coefficient (Wildman–Crippen LogP) is 3.03. The number of pyridine rings is 1. The summed E-state index contributed by atoms with van der Waals surface area (Å²) in [5, 5.41) is 0. The molecule has 0 aliphatic carbocycles.